The second kappa shape index (κ2) is 5.12. The molecule has 7 heteroatoms. The summed E-state index contributed by atoms with van der Waals surface area (Å²) in [6, 6.07) is 5.35. The van der Waals surface area contributed by atoms with E-state index in [0.29, 0.717) is 29.2 Å². The van der Waals surface area contributed by atoms with Gasteiger partial charge < -0.3 is 9.52 Å². The summed E-state index contributed by atoms with van der Waals surface area (Å²) in [6.07, 6.45) is 0. The summed E-state index contributed by atoms with van der Waals surface area (Å²) in [5.41, 5.74) is 1.07. The molecule has 0 saturated heterocycles. The van der Waals surface area contributed by atoms with Gasteiger partial charge in [0.1, 0.15) is 14.7 Å². The van der Waals surface area contributed by atoms with E-state index in [4.69, 9.17) is 4.42 Å². The SMILES string of the molecule is O=c1c(Br)cc2cc3cc(Br)c(O)c(Br)c3oc-2c1Br. The predicted octanol–water partition coefficient (Wildman–Crippen LogP) is 5.65. The van der Waals surface area contributed by atoms with Crippen LogP contribution in [-0.2, 0) is 0 Å². The third kappa shape index (κ3) is 2.15. The summed E-state index contributed by atoms with van der Waals surface area (Å²) in [6.45, 7) is 0. The Hall–Kier alpha value is -0.370. The highest BCUT2D eigenvalue weighted by molar-refractivity contribution is 9.11. The Morgan fingerprint density at radius 3 is 2.35 bits per heavy atom. The molecular weight excluding hydrogens is 524 g/mol. The van der Waals surface area contributed by atoms with E-state index in [-0.39, 0.29) is 11.2 Å². The third-order valence-electron chi connectivity index (χ3n) is 2.85. The van der Waals surface area contributed by atoms with Crippen molar-refractivity contribution in [1.82, 2.24) is 0 Å². The first-order valence-electron chi connectivity index (χ1n) is 5.32. The van der Waals surface area contributed by atoms with Crippen molar-refractivity contribution < 1.29 is 9.52 Å². The lowest BCUT2D eigenvalue weighted by Crippen LogP contribution is -2.05. The highest BCUT2D eigenvalue weighted by Gasteiger charge is 2.19. The summed E-state index contributed by atoms with van der Waals surface area (Å²) < 4.78 is 7.59. The Bertz CT molecular complexity index is 885. The van der Waals surface area contributed by atoms with E-state index in [1.165, 1.54) is 0 Å². The lowest BCUT2D eigenvalue weighted by atomic mass is 10.1. The average molecular weight is 528 g/mol. The van der Waals surface area contributed by atoms with Crippen LogP contribution in [0.1, 0.15) is 0 Å². The van der Waals surface area contributed by atoms with Crippen LogP contribution in [0.25, 0.3) is 22.3 Å². The molecule has 0 radical (unpaired) electrons. The van der Waals surface area contributed by atoms with E-state index >= 15 is 0 Å². The van der Waals surface area contributed by atoms with Crippen LogP contribution in [0, 0.1) is 0 Å². The molecule has 0 amide bonds. The largest absolute Gasteiger partial charge is 0.505 e. The minimum atomic E-state index is -0.182. The molecule has 1 aliphatic carbocycles. The highest BCUT2D eigenvalue weighted by Crippen LogP contribution is 2.42. The average Bonchev–Trinajstić information content (AvgIpc) is 2.41. The van der Waals surface area contributed by atoms with Crippen LogP contribution in [0.2, 0.25) is 0 Å². The van der Waals surface area contributed by atoms with Crippen molar-refractivity contribution >= 4 is 74.7 Å². The lowest BCUT2D eigenvalue weighted by Gasteiger charge is -2.11. The fourth-order valence-corrected chi connectivity index (χ4v) is 4.37. The quantitative estimate of drug-likeness (QED) is 0.384. The van der Waals surface area contributed by atoms with E-state index in [1.807, 2.05) is 6.07 Å². The molecule has 0 atom stereocenters. The van der Waals surface area contributed by atoms with Gasteiger partial charge in [-0.3, -0.25) is 4.79 Å². The molecule has 0 fully saturated rings. The monoisotopic (exact) mass is 524 g/mol. The number of phenolic OH excluding ortho intramolecular Hbond substituents is 1. The molecule has 1 aromatic carbocycles. The van der Waals surface area contributed by atoms with Crippen LogP contribution in [0.15, 0.2) is 45.3 Å². The molecule has 1 aromatic rings. The number of halogens is 4. The Balaban J connectivity index is 2.55. The van der Waals surface area contributed by atoms with Crippen molar-refractivity contribution in [2.24, 2.45) is 0 Å². The van der Waals surface area contributed by atoms with Crippen LogP contribution < -0.4 is 5.43 Å². The summed E-state index contributed by atoms with van der Waals surface area (Å²) in [5, 5.41) is 10.7. The fraction of sp³-hybridized carbons (Fsp3) is 0. The van der Waals surface area contributed by atoms with Gasteiger partial charge in [0.15, 0.2) is 11.3 Å². The van der Waals surface area contributed by atoms with Crippen LogP contribution in [0.3, 0.4) is 0 Å². The van der Waals surface area contributed by atoms with Gasteiger partial charge in [0.25, 0.3) is 0 Å². The summed E-state index contributed by atoms with van der Waals surface area (Å²) in [4.78, 5) is 11.9. The van der Waals surface area contributed by atoms with Crippen molar-refractivity contribution in [1.29, 1.82) is 0 Å². The van der Waals surface area contributed by atoms with Crippen molar-refractivity contribution in [3.8, 4) is 17.1 Å². The highest BCUT2D eigenvalue weighted by atomic mass is 79.9. The topological polar surface area (TPSA) is 50.4 Å². The molecule has 0 spiro atoms. The van der Waals surface area contributed by atoms with Crippen LogP contribution in [-0.4, -0.2) is 5.11 Å². The minimum absolute atomic E-state index is 0.0520. The van der Waals surface area contributed by atoms with Crippen LogP contribution >= 0.6 is 63.7 Å². The molecule has 2 aliphatic rings. The molecular formula is C13H4Br4O3. The van der Waals surface area contributed by atoms with E-state index in [0.717, 1.165) is 10.9 Å². The normalized spacial score (nSPS) is 11.4. The fourth-order valence-electron chi connectivity index (χ4n) is 1.90. The number of phenols is 1. The van der Waals surface area contributed by atoms with Gasteiger partial charge in [-0.15, -0.1) is 0 Å². The van der Waals surface area contributed by atoms with Gasteiger partial charge >= 0.3 is 0 Å². The van der Waals surface area contributed by atoms with E-state index in [2.05, 4.69) is 63.7 Å². The predicted molar refractivity (Wildman–Crippen MR) is 91.6 cm³/mol. The first-order valence-corrected chi connectivity index (χ1v) is 8.50. The molecule has 1 heterocycles. The number of benzene rings is 2. The van der Waals surface area contributed by atoms with Gasteiger partial charge in [0.2, 0.25) is 5.43 Å². The maximum Gasteiger partial charge on any atom is 0.210 e. The molecule has 3 rings (SSSR count). The number of hydrogen-bond donors (Lipinski definition) is 1. The zero-order chi connectivity index (χ0) is 14.6. The van der Waals surface area contributed by atoms with Gasteiger partial charge in [-0.2, -0.15) is 0 Å². The van der Waals surface area contributed by atoms with Gasteiger partial charge in [-0.05, 0) is 81.9 Å². The Morgan fingerprint density at radius 1 is 0.950 bits per heavy atom. The van der Waals surface area contributed by atoms with Gasteiger partial charge in [0, 0.05) is 10.9 Å². The van der Waals surface area contributed by atoms with Gasteiger partial charge in [-0.25, -0.2) is 0 Å². The number of fused-ring (bicyclic) bond motifs is 2. The van der Waals surface area contributed by atoms with Crippen molar-refractivity contribution in [2.45, 2.75) is 0 Å². The number of rotatable bonds is 0. The third-order valence-corrected chi connectivity index (χ3v) is 5.50. The van der Waals surface area contributed by atoms with E-state index < -0.39 is 0 Å². The second-order valence-electron chi connectivity index (χ2n) is 4.11. The molecule has 0 unspecified atom stereocenters. The van der Waals surface area contributed by atoms with Crippen LogP contribution in [0.4, 0.5) is 0 Å². The molecule has 1 N–H and O–H groups in total. The Labute approximate surface area is 146 Å². The molecule has 0 saturated carbocycles. The van der Waals surface area contributed by atoms with Crippen LogP contribution in [0.5, 0.6) is 5.75 Å². The first-order chi connectivity index (χ1) is 9.40. The van der Waals surface area contributed by atoms with Gasteiger partial charge in [-0.1, -0.05) is 0 Å². The molecule has 102 valence electrons. The zero-order valence-electron chi connectivity index (χ0n) is 9.51. The number of aromatic hydroxyl groups is 1. The first kappa shape index (κ1) is 14.6. The molecule has 20 heavy (non-hydrogen) atoms. The zero-order valence-corrected chi connectivity index (χ0v) is 15.9. The number of hydrogen-bond acceptors (Lipinski definition) is 3. The van der Waals surface area contributed by atoms with Gasteiger partial charge in [0.05, 0.1) is 8.95 Å². The smallest absolute Gasteiger partial charge is 0.210 e. The summed E-state index contributed by atoms with van der Waals surface area (Å²) >= 11 is 13.1. The molecule has 0 bridgehead atoms. The maximum absolute atomic E-state index is 11.9. The molecule has 3 nitrogen and oxygen atoms in total. The maximum atomic E-state index is 11.9. The Morgan fingerprint density at radius 2 is 1.65 bits per heavy atom. The van der Waals surface area contributed by atoms with Crippen molar-refractivity contribution in [3.63, 3.8) is 0 Å². The van der Waals surface area contributed by atoms with Crippen molar-refractivity contribution in [2.75, 3.05) is 0 Å². The minimum Gasteiger partial charge on any atom is -0.505 e. The Kier molecular flexibility index (Phi) is 3.73. The second-order valence-corrected chi connectivity index (χ2v) is 7.40. The molecule has 0 aromatic heterocycles. The van der Waals surface area contributed by atoms with Crippen molar-refractivity contribution in [3.05, 3.63) is 46.3 Å². The summed E-state index contributed by atoms with van der Waals surface area (Å²) in [7, 11) is 0. The van der Waals surface area contributed by atoms with E-state index in [9.17, 15) is 9.90 Å². The lowest BCUT2D eigenvalue weighted by molar-refractivity contribution is 0.467. The molecule has 1 aliphatic heterocycles. The van der Waals surface area contributed by atoms with E-state index in [1.54, 1.807) is 12.1 Å². The summed E-state index contributed by atoms with van der Waals surface area (Å²) in [5.74, 6) is 0.490. The standard InChI is InChI=1S/C13H4Br4O3/c14-6-2-4-1-5-3-7(15)11(19)9(17)13(5)20-12(4)8(16)10(6)18/h1-3,18H.